The van der Waals surface area contributed by atoms with Crippen LogP contribution in [0.2, 0.25) is 0 Å². The summed E-state index contributed by atoms with van der Waals surface area (Å²) >= 11 is 0. The highest BCUT2D eigenvalue weighted by Crippen LogP contribution is 2.42. The molecule has 0 bridgehead atoms. The first-order chi connectivity index (χ1) is 17.8. The summed E-state index contributed by atoms with van der Waals surface area (Å²) in [5.41, 5.74) is 2.50. The molecule has 4 rings (SSSR count). The Bertz CT molecular complexity index is 1660. The fourth-order valence-electron chi connectivity index (χ4n) is 3.82. The molecule has 0 aromatic heterocycles. The molecule has 8 nitrogen and oxygen atoms in total. The number of allylic oxidation sites excluding steroid dienone is 5. The van der Waals surface area contributed by atoms with Crippen molar-refractivity contribution in [2.24, 2.45) is 0 Å². The second kappa shape index (κ2) is 10.6. The van der Waals surface area contributed by atoms with E-state index >= 15 is 0 Å². The molecule has 0 aliphatic carbocycles. The van der Waals surface area contributed by atoms with E-state index < -0.39 is 16.0 Å². The molecule has 0 radical (unpaired) electrons. The van der Waals surface area contributed by atoms with E-state index in [-0.39, 0.29) is 22.7 Å². The van der Waals surface area contributed by atoms with Gasteiger partial charge < -0.3 is 4.74 Å². The molecule has 0 saturated heterocycles. The molecule has 0 spiro atoms. The fraction of sp³-hybridized carbons (Fsp3) is 0.0357. The van der Waals surface area contributed by atoms with Crippen LogP contribution in [-0.2, 0) is 10.1 Å². The zero-order valence-electron chi connectivity index (χ0n) is 19.2. The molecule has 0 fully saturated rings. The Labute approximate surface area is 214 Å². The number of benzene rings is 3. The number of nitrogens with zero attached hydrogens (tertiary/aromatic N) is 4. The van der Waals surface area contributed by atoms with Gasteiger partial charge in [-0.25, -0.2) is 10.1 Å². The van der Waals surface area contributed by atoms with E-state index in [0.717, 1.165) is 11.1 Å². The Hall–Kier alpha value is -5.14. The van der Waals surface area contributed by atoms with Gasteiger partial charge in [0.1, 0.15) is 0 Å². The van der Waals surface area contributed by atoms with Gasteiger partial charge in [0.15, 0.2) is 11.6 Å². The average molecular weight is 507 g/mol. The van der Waals surface area contributed by atoms with Gasteiger partial charge >= 0.3 is 0 Å². The van der Waals surface area contributed by atoms with Gasteiger partial charge in [-0.05, 0) is 34.9 Å². The van der Waals surface area contributed by atoms with Crippen LogP contribution in [0.15, 0.2) is 108 Å². The topological polar surface area (TPSA) is 119 Å². The molecule has 0 atom stereocenters. The van der Waals surface area contributed by atoms with Crippen LogP contribution in [-0.4, -0.2) is 18.8 Å². The summed E-state index contributed by atoms with van der Waals surface area (Å²) in [6.07, 6.45) is 2.72. The maximum atomic E-state index is 11.8. The van der Waals surface area contributed by atoms with Crippen LogP contribution in [0.5, 0.6) is 5.75 Å². The van der Waals surface area contributed by atoms with Crippen LogP contribution in [0.3, 0.4) is 0 Å². The lowest BCUT2D eigenvalue weighted by atomic mass is 9.96. The second-order valence-corrected chi connectivity index (χ2v) is 9.22. The van der Waals surface area contributed by atoms with Crippen molar-refractivity contribution < 1.29 is 17.7 Å². The SMILES string of the molecule is [C-]#[N+]C(C#N)=C(C(C#N)=CC=C1Oc2ccc(-c3ccccc3)cc2N1CS(=O)(=O)O)c1ccccc1. The van der Waals surface area contributed by atoms with Crippen LogP contribution in [0.25, 0.3) is 21.5 Å². The Morgan fingerprint density at radius 2 is 1.68 bits per heavy atom. The van der Waals surface area contributed by atoms with Gasteiger partial charge in [0.05, 0.1) is 30.0 Å². The predicted molar refractivity (Wildman–Crippen MR) is 139 cm³/mol. The number of rotatable bonds is 6. The molecular weight excluding hydrogens is 488 g/mol. The lowest BCUT2D eigenvalue weighted by Crippen LogP contribution is -2.27. The lowest BCUT2D eigenvalue weighted by molar-refractivity contribution is 0.437. The highest BCUT2D eigenvalue weighted by molar-refractivity contribution is 7.85. The zero-order chi connectivity index (χ0) is 26.4. The summed E-state index contributed by atoms with van der Waals surface area (Å²) < 4.78 is 39.2. The molecule has 1 N–H and O–H groups in total. The van der Waals surface area contributed by atoms with Gasteiger partial charge in [-0.3, -0.25) is 9.45 Å². The molecular formula is C28H18N4O4S. The summed E-state index contributed by atoms with van der Waals surface area (Å²) in [7, 11) is -4.46. The van der Waals surface area contributed by atoms with Crippen LogP contribution >= 0.6 is 0 Å². The Balaban J connectivity index is 1.82. The van der Waals surface area contributed by atoms with E-state index in [1.807, 2.05) is 48.5 Å². The Morgan fingerprint density at radius 1 is 1.00 bits per heavy atom. The second-order valence-electron chi connectivity index (χ2n) is 7.80. The van der Waals surface area contributed by atoms with Crippen molar-refractivity contribution in [1.82, 2.24) is 0 Å². The Morgan fingerprint density at radius 3 is 2.27 bits per heavy atom. The van der Waals surface area contributed by atoms with Crippen LogP contribution in [0.1, 0.15) is 5.56 Å². The van der Waals surface area contributed by atoms with Crippen molar-refractivity contribution in [3.63, 3.8) is 0 Å². The number of ether oxygens (including phenoxy) is 1. The van der Waals surface area contributed by atoms with Crippen molar-refractivity contribution in [3.8, 4) is 29.0 Å². The highest BCUT2D eigenvalue weighted by Gasteiger charge is 2.30. The van der Waals surface area contributed by atoms with Gasteiger partial charge in [-0.2, -0.15) is 13.7 Å². The highest BCUT2D eigenvalue weighted by atomic mass is 32.2. The standard InChI is InChI=1S/C28H18N4O4S/c1-31-24(18-30)28(21-10-6-3-7-11-21)23(17-29)13-15-27-32(19-37(33,34)35)25-16-22(12-14-26(25)36-27)20-8-4-2-5-9-20/h2-16H,19H2,(H,33,34,35). The molecule has 180 valence electrons. The number of fused-ring (bicyclic) bond motifs is 1. The minimum absolute atomic E-state index is 0.00239. The largest absolute Gasteiger partial charge is 0.439 e. The summed E-state index contributed by atoms with van der Waals surface area (Å²) in [5.74, 6) is -0.384. The van der Waals surface area contributed by atoms with Gasteiger partial charge in [0, 0.05) is 11.6 Å². The van der Waals surface area contributed by atoms with Gasteiger partial charge in [-0.1, -0.05) is 66.7 Å². The maximum Gasteiger partial charge on any atom is 0.283 e. The van der Waals surface area contributed by atoms with Crippen molar-refractivity contribution >= 4 is 21.4 Å². The molecule has 0 unspecified atom stereocenters. The molecule has 1 aliphatic heterocycles. The zero-order valence-corrected chi connectivity index (χ0v) is 20.1. The van der Waals surface area contributed by atoms with Gasteiger partial charge in [-0.15, -0.1) is 0 Å². The van der Waals surface area contributed by atoms with E-state index in [0.29, 0.717) is 17.0 Å². The van der Waals surface area contributed by atoms with Gasteiger partial charge in [0.25, 0.3) is 15.8 Å². The average Bonchev–Trinajstić information content (AvgIpc) is 3.24. The van der Waals surface area contributed by atoms with Crippen molar-refractivity contribution in [2.45, 2.75) is 0 Å². The van der Waals surface area contributed by atoms with E-state index in [2.05, 4.69) is 4.85 Å². The third-order valence-electron chi connectivity index (χ3n) is 5.43. The summed E-state index contributed by atoms with van der Waals surface area (Å²) in [4.78, 5) is 4.54. The number of hydrogen-bond donors (Lipinski definition) is 1. The van der Waals surface area contributed by atoms with Gasteiger partial charge in [0.2, 0.25) is 5.88 Å². The van der Waals surface area contributed by atoms with E-state index in [1.54, 1.807) is 42.5 Å². The molecule has 0 saturated carbocycles. The summed E-state index contributed by atoms with van der Waals surface area (Å²) in [5, 5.41) is 19.4. The smallest absolute Gasteiger partial charge is 0.283 e. The van der Waals surface area contributed by atoms with E-state index in [1.165, 1.54) is 17.1 Å². The number of anilines is 1. The van der Waals surface area contributed by atoms with Crippen molar-refractivity contribution in [1.29, 1.82) is 10.5 Å². The Kier molecular flexibility index (Phi) is 7.18. The molecule has 3 aromatic rings. The molecule has 1 aliphatic rings. The third kappa shape index (κ3) is 5.58. The predicted octanol–water partition coefficient (Wildman–Crippen LogP) is 5.54. The quantitative estimate of drug-likeness (QED) is 0.202. The van der Waals surface area contributed by atoms with Crippen molar-refractivity contribution in [3.05, 3.63) is 125 Å². The molecule has 9 heteroatoms. The van der Waals surface area contributed by atoms with Crippen molar-refractivity contribution in [2.75, 3.05) is 10.8 Å². The van der Waals surface area contributed by atoms with Crippen LogP contribution in [0.4, 0.5) is 5.69 Å². The molecule has 1 heterocycles. The first-order valence-electron chi connectivity index (χ1n) is 10.8. The molecule has 0 amide bonds. The first-order valence-corrected chi connectivity index (χ1v) is 12.4. The molecule has 3 aromatic carbocycles. The summed E-state index contributed by atoms with van der Waals surface area (Å²) in [6, 6.07) is 27.1. The monoisotopic (exact) mass is 506 g/mol. The van der Waals surface area contributed by atoms with E-state index in [9.17, 15) is 23.5 Å². The third-order valence-corrected chi connectivity index (χ3v) is 6.01. The molecule has 37 heavy (non-hydrogen) atoms. The fourth-order valence-corrected chi connectivity index (χ4v) is 4.42. The van der Waals surface area contributed by atoms with Crippen LogP contribution < -0.4 is 9.64 Å². The normalized spacial score (nSPS) is 14.6. The van der Waals surface area contributed by atoms with Crippen LogP contribution in [0, 0.1) is 29.2 Å². The van der Waals surface area contributed by atoms with E-state index in [4.69, 9.17) is 11.3 Å². The minimum Gasteiger partial charge on any atom is -0.439 e. The summed E-state index contributed by atoms with van der Waals surface area (Å²) in [6.45, 7) is 7.38. The minimum atomic E-state index is -4.46. The number of hydrogen-bond acceptors (Lipinski definition) is 6. The first kappa shape index (κ1) is 25.0. The lowest BCUT2D eigenvalue weighted by Gasteiger charge is -2.16. The maximum absolute atomic E-state index is 11.8. The number of nitriles is 2.